The average molecular weight is 251 g/mol. The second kappa shape index (κ2) is 4.82. The second-order valence-electron chi connectivity index (χ2n) is 4.17. The number of hydrogen-bond acceptors (Lipinski definition) is 1. The van der Waals surface area contributed by atoms with Crippen LogP contribution in [0.2, 0.25) is 0 Å². The van der Waals surface area contributed by atoms with E-state index >= 15 is 0 Å². The summed E-state index contributed by atoms with van der Waals surface area (Å²) in [5, 5.41) is 0. The molecule has 0 spiro atoms. The lowest BCUT2D eigenvalue weighted by molar-refractivity contribution is 0.515. The van der Waals surface area contributed by atoms with Crippen molar-refractivity contribution in [3.63, 3.8) is 0 Å². The molecule has 0 aliphatic rings. The van der Waals surface area contributed by atoms with E-state index in [1.807, 2.05) is 6.92 Å². The molecule has 0 radical (unpaired) electrons. The van der Waals surface area contributed by atoms with Crippen LogP contribution in [0.1, 0.15) is 22.7 Å². The van der Waals surface area contributed by atoms with Crippen molar-refractivity contribution in [2.75, 3.05) is 0 Å². The van der Waals surface area contributed by atoms with Crippen molar-refractivity contribution in [2.24, 2.45) is 5.73 Å². The van der Waals surface area contributed by atoms with Crippen molar-refractivity contribution in [1.82, 2.24) is 0 Å². The fraction of sp³-hybridized carbons (Fsp3) is 0.143. The largest absolute Gasteiger partial charge is 0.320 e. The zero-order valence-corrected chi connectivity index (χ0v) is 9.75. The Kier molecular flexibility index (Phi) is 3.39. The molecule has 2 aromatic carbocycles. The van der Waals surface area contributed by atoms with Gasteiger partial charge in [0.1, 0.15) is 17.5 Å². The first kappa shape index (κ1) is 12.6. The van der Waals surface area contributed by atoms with Gasteiger partial charge in [-0.05, 0) is 12.5 Å². The smallest absolute Gasteiger partial charge is 0.134 e. The summed E-state index contributed by atoms with van der Waals surface area (Å²) in [4.78, 5) is 0. The summed E-state index contributed by atoms with van der Waals surface area (Å²) < 4.78 is 39.9. The topological polar surface area (TPSA) is 26.0 Å². The van der Waals surface area contributed by atoms with Crippen LogP contribution in [0.15, 0.2) is 36.4 Å². The van der Waals surface area contributed by atoms with E-state index in [0.29, 0.717) is 17.7 Å². The van der Waals surface area contributed by atoms with Crippen LogP contribution in [0.25, 0.3) is 0 Å². The molecule has 0 amide bonds. The van der Waals surface area contributed by atoms with Crippen LogP contribution in [0.4, 0.5) is 13.2 Å². The summed E-state index contributed by atoms with van der Waals surface area (Å²) in [6.45, 7) is 1.90. The lowest BCUT2D eigenvalue weighted by atomic mass is 9.98. The molecule has 1 unspecified atom stereocenters. The lowest BCUT2D eigenvalue weighted by Gasteiger charge is -2.14. The minimum absolute atomic E-state index is 0.319. The van der Waals surface area contributed by atoms with E-state index in [0.717, 1.165) is 5.56 Å². The number of rotatable bonds is 2. The molecule has 1 nitrogen and oxygen atoms in total. The van der Waals surface area contributed by atoms with E-state index in [2.05, 4.69) is 0 Å². The predicted octanol–water partition coefficient (Wildman–Crippen LogP) is 3.46. The average Bonchev–Trinajstić information content (AvgIpc) is 2.28. The first-order valence-electron chi connectivity index (χ1n) is 5.45. The minimum atomic E-state index is -0.972. The molecule has 4 heteroatoms. The van der Waals surface area contributed by atoms with Crippen molar-refractivity contribution in [1.29, 1.82) is 0 Å². The Labute approximate surface area is 103 Å². The quantitative estimate of drug-likeness (QED) is 0.869. The maximum absolute atomic E-state index is 13.6. The highest BCUT2D eigenvalue weighted by atomic mass is 19.1. The Morgan fingerprint density at radius 2 is 1.44 bits per heavy atom. The summed E-state index contributed by atoms with van der Waals surface area (Å²) in [5.74, 6) is -2.90. The Balaban J connectivity index is 2.46. The van der Waals surface area contributed by atoms with Gasteiger partial charge in [0, 0.05) is 17.7 Å². The normalized spacial score (nSPS) is 12.5. The molecule has 2 aromatic rings. The van der Waals surface area contributed by atoms with Crippen molar-refractivity contribution >= 4 is 0 Å². The van der Waals surface area contributed by atoms with Gasteiger partial charge in [0.2, 0.25) is 0 Å². The number of benzene rings is 2. The number of nitrogens with two attached hydrogens (primary N) is 1. The molecule has 0 fully saturated rings. The third kappa shape index (κ3) is 2.38. The highest BCUT2D eigenvalue weighted by Gasteiger charge is 2.19. The molecule has 0 aromatic heterocycles. The van der Waals surface area contributed by atoms with E-state index in [1.54, 1.807) is 24.3 Å². The molecular formula is C14H12F3N. The van der Waals surface area contributed by atoms with Crippen LogP contribution >= 0.6 is 0 Å². The molecule has 2 rings (SSSR count). The van der Waals surface area contributed by atoms with Gasteiger partial charge in [0.05, 0.1) is 6.04 Å². The summed E-state index contributed by atoms with van der Waals surface area (Å²) in [5.41, 5.74) is 7.09. The third-order valence-electron chi connectivity index (χ3n) is 2.79. The first-order chi connectivity index (χ1) is 8.49. The molecule has 0 aliphatic carbocycles. The molecule has 1 atom stereocenters. The van der Waals surface area contributed by atoms with Crippen LogP contribution in [-0.2, 0) is 0 Å². The number of aryl methyl sites for hydroxylation is 1. The van der Waals surface area contributed by atoms with Crippen molar-refractivity contribution in [3.8, 4) is 0 Å². The molecule has 94 valence electrons. The van der Waals surface area contributed by atoms with Gasteiger partial charge < -0.3 is 5.73 Å². The van der Waals surface area contributed by atoms with E-state index in [-0.39, 0.29) is 5.56 Å². The molecule has 0 aliphatic heterocycles. The van der Waals surface area contributed by atoms with Gasteiger partial charge in [-0.25, -0.2) is 13.2 Å². The summed E-state index contributed by atoms with van der Waals surface area (Å²) in [6, 6.07) is 7.30. The molecule has 0 bridgehead atoms. The maximum atomic E-state index is 13.6. The minimum Gasteiger partial charge on any atom is -0.320 e. The molecule has 2 N–H and O–H groups in total. The van der Waals surface area contributed by atoms with E-state index in [9.17, 15) is 13.2 Å². The van der Waals surface area contributed by atoms with E-state index < -0.39 is 23.5 Å². The zero-order valence-electron chi connectivity index (χ0n) is 9.75. The van der Waals surface area contributed by atoms with Gasteiger partial charge in [0.25, 0.3) is 0 Å². The SMILES string of the molecule is Cc1ccc(C(N)c2c(F)cc(F)cc2F)cc1. The van der Waals surface area contributed by atoms with Gasteiger partial charge in [-0.15, -0.1) is 0 Å². The van der Waals surface area contributed by atoms with Crippen LogP contribution in [0.3, 0.4) is 0 Å². The van der Waals surface area contributed by atoms with E-state index in [4.69, 9.17) is 5.73 Å². The van der Waals surface area contributed by atoms with E-state index in [1.165, 1.54) is 0 Å². The predicted molar refractivity (Wildman–Crippen MR) is 63.5 cm³/mol. The zero-order chi connectivity index (χ0) is 13.3. The maximum Gasteiger partial charge on any atom is 0.134 e. The Morgan fingerprint density at radius 1 is 0.944 bits per heavy atom. The molecular weight excluding hydrogens is 239 g/mol. The van der Waals surface area contributed by atoms with Crippen LogP contribution in [0, 0.1) is 24.4 Å². The monoisotopic (exact) mass is 251 g/mol. The molecule has 0 saturated heterocycles. The van der Waals surface area contributed by atoms with Crippen LogP contribution < -0.4 is 5.73 Å². The highest BCUT2D eigenvalue weighted by Crippen LogP contribution is 2.25. The van der Waals surface area contributed by atoms with Crippen molar-refractivity contribution in [3.05, 3.63) is 70.5 Å². The number of hydrogen-bond donors (Lipinski definition) is 1. The lowest BCUT2D eigenvalue weighted by Crippen LogP contribution is -2.16. The standard InChI is InChI=1S/C14H12F3N/c1-8-2-4-9(5-3-8)14(18)13-11(16)6-10(15)7-12(13)17/h2-7,14H,18H2,1H3. The number of halogens is 3. The van der Waals surface area contributed by atoms with Gasteiger partial charge in [-0.2, -0.15) is 0 Å². The Morgan fingerprint density at radius 3 is 1.94 bits per heavy atom. The van der Waals surface area contributed by atoms with Crippen molar-refractivity contribution in [2.45, 2.75) is 13.0 Å². The van der Waals surface area contributed by atoms with Crippen LogP contribution in [-0.4, -0.2) is 0 Å². The van der Waals surface area contributed by atoms with Gasteiger partial charge in [0.15, 0.2) is 0 Å². The highest BCUT2D eigenvalue weighted by molar-refractivity contribution is 5.34. The Hall–Kier alpha value is -1.81. The molecule has 0 heterocycles. The molecule has 18 heavy (non-hydrogen) atoms. The van der Waals surface area contributed by atoms with Gasteiger partial charge in [-0.3, -0.25) is 0 Å². The van der Waals surface area contributed by atoms with Crippen LogP contribution in [0.5, 0.6) is 0 Å². The molecule has 0 saturated carbocycles. The fourth-order valence-corrected chi connectivity index (χ4v) is 1.79. The third-order valence-corrected chi connectivity index (χ3v) is 2.79. The van der Waals surface area contributed by atoms with Gasteiger partial charge in [-0.1, -0.05) is 29.8 Å². The first-order valence-corrected chi connectivity index (χ1v) is 5.45. The second-order valence-corrected chi connectivity index (χ2v) is 4.17. The summed E-state index contributed by atoms with van der Waals surface area (Å²) >= 11 is 0. The fourth-order valence-electron chi connectivity index (χ4n) is 1.79. The Bertz CT molecular complexity index is 541. The summed E-state index contributed by atoms with van der Waals surface area (Å²) in [7, 11) is 0. The summed E-state index contributed by atoms with van der Waals surface area (Å²) in [6.07, 6.45) is 0. The van der Waals surface area contributed by atoms with Crippen molar-refractivity contribution < 1.29 is 13.2 Å². The van der Waals surface area contributed by atoms with Gasteiger partial charge >= 0.3 is 0 Å².